The Morgan fingerprint density at radius 2 is 1.74 bits per heavy atom. The zero-order valence-electron chi connectivity index (χ0n) is 14.4. The highest BCUT2D eigenvalue weighted by molar-refractivity contribution is 6.33. The number of anilines is 2. The van der Waals surface area contributed by atoms with Gasteiger partial charge in [-0.05, 0) is 30.3 Å². The van der Waals surface area contributed by atoms with Gasteiger partial charge in [-0.1, -0.05) is 23.2 Å². The predicted molar refractivity (Wildman–Crippen MR) is 107 cm³/mol. The Bertz CT molecular complexity index is 837. The molecule has 0 aliphatic carbocycles. The van der Waals surface area contributed by atoms with Gasteiger partial charge in [-0.25, -0.2) is 0 Å². The minimum absolute atomic E-state index is 0.119. The third kappa shape index (κ3) is 5.09. The number of hydrogen-bond acceptors (Lipinski definition) is 5. The maximum Gasteiger partial charge on any atom is 0.271 e. The van der Waals surface area contributed by atoms with Crippen LogP contribution in [0.3, 0.4) is 0 Å². The van der Waals surface area contributed by atoms with E-state index in [0.717, 1.165) is 31.9 Å². The second-order valence-electron chi connectivity index (χ2n) is 6.21. The molecule has 9 heteroatoms. The number of halogens is 2. The summed E-state index contributed by atoms with van der Waals surface area (Å²) in [5, 5.41) is 14.5. The molecule has 0 bridgehead atoms. The van der Waals surface area contributed by atoms with Gasteiger partial charge in [0.15, 0.2) is 0 Å². The molecule has 1 amide bonds. The fraction of sp³-hybridized carbons (Fsp3) is 0.278. The Labute approximate surface area is 166 Å². The van der Waals surface area contributed by atoms with Gasteiger partial charge < -0.3 is 10.2 Å². The highest BCUT2D eigenvalue weighted by Crippen LogP contribution is 2.26. The Morgan fingerprint density at radius 3 is 2.37 bits per heavy atom. The average molecular weight is 409 g/mol. The molecule has 1 N–H and O–H groups in total. The molecule has 0 spiro atoms. The number of carbonyl (C=O) groups excluding carboxylic acids is 1. The molecule has 142 valence electrons. The van der Waals surface area contributed by atoms with Gasteiger partial charge in [0.25, 0.3) is 5.69 Å². The van der Waals surface area contributed by atoms with E-state index in [0.29, 0.717) is 5.02 Å². The van der Waals surface area contributed by atoms with Crippen molar-refractivity contribution in [3.8, 4) is 0 Å². The lowest BCUT2D eigenvalue weighted by atomic mass is 10.2. The van der Waals surface area contributed by atoms with Crippen LogP contribution in [0.2, 0.25) is 10.0 Å². The van der Waals surface area contributed by atoms with E-state index in [1.54, 1.807) is 0 Å². The maximum absolute atomic E-state index is 12.3. The van der Waals surface area contributed by atoms with Crippen molar-refractivity contribution in [1.29, 1.82) is 0 Å². The fourth-order valence-electron chi connectivity index (χ4n) is 2.93. The molecule has 1 fully saturated rings. The molecule has 1 aliphatic rings. The van der Waals surface area contributed by atoms with Gasteiger partial charge >= 0.3 is 0 Å². The van der Waals surface area contributed by atoms with E-state index in [9.17, 15) is 14.9 Å². The average Bonchev–Trinajstić information content (AvgIpc) is 2.64. The molecular formula is C18H18Cl2N4O3. The van der Waals surface area contributed by atoms with E-state index in [2.05, 4.69) is 10.2 Å². The third-order valence-corrected chi connectivity index (χ3v) is 4.95. The van der Waals surface area contributed by atoms with Crippen molar-refractivity contribution in [3.05, 3.63) is 62.6 Å². The summed E-state index contributed by atoms with van der Waals surface area (Å²) in [7, 11) is 0. The maximum atomic E-state index is 12.3. The van der Waals surface area contributed by atoms with Crippen LogP contribution in [-0.2, 0) is 4.79 Å². The quantitative estimate of drug-likeness (QED) is 0.602. The van der Waals surface area contributed by atoms with Crippen molar-refractivity contribution in [2.45, 2.75) is 0 Å². The number of rotatable bonds is 5. The molecule has 2 aromatic rings. The minimum atomic E-state index is -0.526. The summed E-state index contributed by atoms with van der Waals surface area (Å²) in [5.41, 5.74) is 1.23. The number of piperazine rings is 1. The molecule has 0 saturated carbocycles. The van der Waals surface area contributed by atoms with Crippen LogP contribution < -0.4 is 10.2 Å². The smallest absolute Gasteiger partial charge is 0.271 e. The molecule has 1 aliphatic heterocycles. The van der Waals surface area contributed by atoms with Gasteiger partial charge in [0.2, 0.25) is 5.91 Å². The number of non-ortho nitro benzene ring substituents is 1. The first-order chi connectivity index (χ1) is 12.9. The van der Waals surface area contributed by atoms with E-state index < -0.39 is 4.92 Å². The van der Waals surface area contributed by atoms with Gasteiger partial charge in [-0.2, -0.15) is 0 Å². The molecule has 27 heavy (non-hydrogen) atoms. The minimum Gasteiger partial charge on any atom is -0.369 e. The number of nitrogens with zero attached hydrogens (tertiary/aromatic N) is 3. The number of amides is 1. The van der Waals surface area contributed by atoms with E-state index in [1.165, 1.54) is 18.2 Å². The van der Waals surface area contributed by atoms with Crippen molar-refractivity contribution in [2.75, 3.05) is 42.9 Å². The van der Waals surface area contributed by atoms with Gasteiger partial charge in [0.05, 0.1) is 22.2 Å². The van der Waals surface area contributed by atoms with E-state index >= 15 is 0 Å². The van der Waals surface area contributed by atoms with Crippen LogP contribution in [0.1, 0.15) is 0 Å². The van der Waals surface area contributed by atoms with E-state index in [1.807, 2.05) is 29.2 Å². The topological polar surface area (TPSA) is 78.7 Å². The highest BCUT2D eigenvalue weighted by Gasteiger charge is 2.20. The first-order valence-electron chi connectivity index (χ1n) is 8.39. The molecule has 0 radical (unpaired) electrons. The van der Waals surface area contributed by atoms with Gasteiger partial charge in [-0.3, -0.25) is 19.8 Å². The molecular weight excluding hydrogens is 391 g/mol. The van der Waals surface area contributed by atoms with Crippen molar-refractivity contribution < 1.29 is 9.72 Å². The first kappa shape index (κ1) is 19.4. The van der Waals surface area contributed by atoms with Crippen LogP contribution in [0.5, 0.6) is 0 Å². The molecule has 0 unspecified atom stereocenters. The number of benzene rings is 2. The van der Waals surface area contributed by atoms with Gasteiger partial charge in [-0.15, -0.1) is 0 Å². The van der Waals surface area contributed by atoms with Gasteiger partial charge in [0.1, 0.15) is 0 Å². The zero-order chi connectivity index (χ0) is 19.4. The van der Waals surface area contributed by atoms with Crippen LogP contribution in [0.15, 0.2) is 42.5 Å². The normalized spacial score (nSPS) is 14.8. The fourth-order valence-corrected chi connectivity index (χ4v) is 3.22. The third-order valence-electron chi connectivity index (χ3n) is 4.37. The number of nitro benzene ring substituents is 1. The van der Waals surface area contributed by atoms with Crippen LogP contribution in [0.25, 0.3) is 0 Å². The lowest BCUT2D eigenvalue weighted by Gasteiger charge is -2.35. The van der Waals surface area contributed by atoms with Crippen LogP contribution >= 0.6 is 23.2 Å². The largest absolute Gasteiger partial charge is 0.369 e. The van der Waals surface area contributed by atoms with Crippen molar-refractivity contribution >= 4 is 46.2 Å². The van der Waals surface area contributed by atoms with Crippen molar-refractivity contribution in [3.63, 3.8) is 0 Å². The number of nitrogens with one attached hydrogen (secondary N) is 1. The summed E-state index contributed by atoms with van der Waals surface area (Å²) >= 11 is 11.9. The van der Waals surface area contributed by atoms with Crippen molar-refractivity contribution in [1.82, 2.24) is 4.90 Å². The Balaban J connectivity index is 1.53. The summed E-state index contributed by atoms with van der Waals surface area (Å²) in [5.74, 6) is -0.252. The monoisotopic (exact) mass is 408 g/mol. The first-order valence-corrected chi connectivity index (χ1v) is 9.14. The lowest BCUT2D eigenvalue weighted by Crippen LogP contribution is -2.48. The molecule has 0 aromatic heterocycles. The van der Waals surface area contributed by atoms with Crippen LogP contribution in [-0.4, -0.2) is 48.5 Å². The Hall–Kier alpha value is -2.35. The second kappa shape index (κ2) is 8.56. The number of hydrogen-bond donors (Lipinski definition) is 1. The molecule has 7 nitrogen and oxygen atoms in total. The lowest BCUT2D eigenvalue weighted by molar-refractivity contribution is -0.384. The zero-order valence-corrected chi connectivity index (χ0v) is 15.9. The molecule has 1 heterocycles. The molecule has 2 aromatic carbocycles. The van der Waals surface area contributed by atoms with Crippen LogP contribution in [0.4, 0.5) is 17.1 Å². The Kier molecular flexibility index (Phi) is 6.15. The van der Waals surface area contributed by atoms with Crippen molar-refractivity contribution in [2.24, 2.45) is 0 Å². The summed E-state index contributed by atoms with van der Waals surface area (Å²) in [4.78, 5) is 26.9. The molecule has 0 atom stereocenters. The van der Waals surface area contributed by atoms with E-state index in [4.69, 9.17) is 23.2 Å². The molecule has 1 saturated heterocycles. The van der Waals surface area contributed by atoms with Crippen LogP contribution in [0, 0.1) is 10.1 Å². The summed E-state index contributed by atoms with van der Waals surface area (Å²) in [6.07, 6.45) is 0. The standard InChI is InChI=1S/C18H18Cl2N4O3/c19-13-1-3-14(4-2-13)23-9-7-22(8-10-23)12-18(25)21-17-11-15(24(26)27)5-6-16(17)20/h1-6,11H,7-10,12H2,(H,21,25). The number of nitro groups is 1. The highest BCUT2D eigenvalue weighted by atomic mass is 35.5. The number of carbonyl (C=O) groups is 1. The summed E-state index contributed by atoms with van der Waals surface area (Å²) in [6.45, 7) is 3.27. The van der Waals surface area contributed by atoms with E-state index in [-0.39, 0.29) is 28.8 Å². The summed E-state index contributed by atoms with van der Waals surface area (Å²) in [6, 6.07) is 11.6. The SMILES string of the molecule is O=C(CN1CCN(c2ccc(Cl)cc2)CC1)Nc1cc([N+](=O)[O-])ccc1Cl. The Morgan fingerprint density at radius 1 is 1.07 bits per heavy atom. The predicted octanol–water partition coefficient (Wildman–Crippen LogP) is 3.66. The summed E-state index contributed by atoms with van der Waals surface area (Å²) < 4.78 is 0. The second-order valence-corrected chi connectivity index (χ2v) is 7.05. The van der Waals surface area contributed by atoms with Gasteiger partial charge in [0, 0.05) is 49.0 Å². The molecule has 3 rings (SSSR count).